The van der Waals surface area contributed by atoms with E-state index in [1.807, 2.05) is 26.8 Å². The number of rotatable bonds is 2. The summed E-state index contributed by atoms with van der Waals surface area (Å²) in [6.45, 7) is 10.5. The molecule has 0 saturated heterocycles. The van der Waals surface area contributed by atoms with Gasteiger partial charge in [-0.1, -0.05) is 58.9 Å². The van der Waals surface area contributed by atoms with E-state index in [9.17, 15) is 4.79 Å². The molecular formula is C18H28N2O. The highest BCUT2D eigenvalue weighted by Gasteiger charge is 2.35. The molecule has 21 heavy (non-hydrogen) atoms. The summed E-state index contributed by atoms with van der Waals surface area (Å²) in [5.41, 5.74) is 8.60. The van der Waals surface area contributed by atoms with Gasteiger partial charge in [-0.3, -0.25) is 4.79 Å². The zero-order valence-corrected chi connectivity index (χ0v) is 13.9. The third-order valence-corrected chi connectivity index (χ3v) is 4.66. The summed E-state index contributed by atoms with van der Waals surface area (Å²) in [4.78, 5) is 12.4. The van der Waals surface area contributed by atoms with Gasteiger partial charge in [0.2, 0.25) is 5.91 Å². The lowest BCUT2D eigenvalue weighted by Crippen LogP contribution is -2.50. The third-order valence-electron chi connectivity index (χ3n) is 4.66. The first-order valence-electron chi connectivity index (χ1n) is 7.78. The molecule has 0 heterocycles. The average Bonchev–Trinajstić information content (AvgIpc) is 2.40. The highest BCUT2D eigenvalue weighted by atomic mass is 16.2. The van der Waals surface area contributed by atoms with E-state index < -0.39 is 6.04 Å². The van der Waals surface area contributed by atoms with Crippen molar-refractivity contribution in [2.75, 3.05) is 0 Å². The second-order valence-electron chi connectivity index (χ2n) is 7.91. The number of nitrogens with two attached hydrogens (primary N) is 1. The highest BCUT2D eigenvalue weighted by Crippen LogP contribution is 2.41. The number of fused-ring (bicyclic) bond motifs is 1. The Morgan fingerprint density at radius 2 is 1.95 bits per heavy atom. The molecule has 1 aliphatic carbocycles. The van der Waals surface area contributed by atoms with Gasteiger partial charge in [0.25, 0.3) is 0 Å². The summed E-state index contributed by atoms with van der Waals surface area (Å²) in [6, 6.07) is 8.02. The van der Waals surface area contributed by atoms with Gasteiger partial charge in [0.15, 0.2) is 0 Å². The molecule has 0 aromatic heterocycles. The number of hydrogen-bond acceptors (Lipinski definition) is 2. The molecule has 1 amide bonds. The van der Waals surface area contributed by atoms with E-state index >= 15 is 0 Å². The fourth-order valence-corrected chi connectivity index (χ4v) is 3.02. The van der Waals surface area contributed by atoms with Crippen LogP contribution in [0.5, 0.6) is 0 Å². The molecule has 0 radical (unpaired) electrons. The van der Waals surface area contributed by atoms with Gasteiger partial charge in [-0.15, -0.1) is 0 Å². The van der Waals surface area contributed by atoms with Crippen LogP contribution in [0, 0.1) is 5.41 Å². The highest BCUT2D eigenvalue weighted by molar-refractivity contribution is 5.82. The fourth-order valence-electron chi connectivity index (χ4n) is 3.02. The molecule has 0 saturated carbocycles. The lowest BCUT2D eigenvalue weighted by atomic mass is 9.71. The van der Waals surface area contributed by atoms with E-state index in [1.165, 1.54) is 11.1 Å². The van der Waals surface area contributed by atoms with Gasteiger partial charge in [-0.25, -0.2) is 0 Å². The quantitative estimate of drug-likeness (QED) is 0.877. The number of carbonyl (C=O) groups excluding carboxylic acids is 1. The maximum absolute atomic E-state index is 12.4. The van der Waals surface area contributed by atoms with Crippen molar-refractivity contribution in [2.24, 2.45) is 11.1 Å². The largest absolute Gasteiger partial charge is 0.348 e. The van der Waals surface area contributed by atoms with E-state index in [4.69, 9.17) is 5.73 Å². The lowest BCUT2D eigenvalue weighted by molar-refractivity contribution is -0.125. The number of hydrogen-bond donors (Lipinski definition) is 2. The summed E-state index contributed by atoms with van der Waals surface area (Å²) in [6.07, 6.45) is 2.03. The van der Waals surface area contributed by atoms with E-state index in [2.05, 4.69) is 37.4 Å². The van der Waals surface area contributed by atoms with Crippen LogP contribution in [0.3, 0.4) is 0 Å². The second kappa shape index (κ2) is 5.45. The van der Waals surface area contributed by atoms with Crippen LogP contribution < -0.4 is 11.1 Å². The first-order chi connectivity index (χ1) is 9.63. The fraction of sp³-hybridized carbons (Fsp3) is 0.611. The minimum absolute atomic E-state index is 0.0537. The third kappa shape index (κ3) is 3.29. The zero-order chi connectivity index (χ0) is 15.8. The molecule has 0 bridgehead atoms. The molecule has 3 nitrogen and oxygen atoms in total. The molecule has 0 fully saturated rings. The van der Waals surface area contributed by atoms with Crippen LogP contribution in [0.15, 0.2) is 24.3 Å². The summed E-state index contributed by atoms with van der Waals surface area (Å²) in [5, 5.41) is 3.16. The Kier molecular flexibility index (Phi) is 4.16. The predicted molar refractivity (Wildman–Crippen MR) is 87.0 cm³/mol. The van der Waals surface area contributed by atoms with Crippen LogP contribution >= 0.6 is 0 Å². The van der Waals surface area contributed by atoms with Crippen molar-refractivity contribution >= 4 is 5.91 Å². The van der Waals surface area contributed by atoms with Crippen molar-refractivity contribution in [3.63, 3.8) is 0 Å². The first kappa shape index (κ1) is 16.0. The van der Waals surface area contributed by atoms with Crippen LogP contribution in [0.1, 0.15) is 64.6 Å². The Morgan fingerprint density at radius 3 is 2.57 bits per heavy atom. The monoisotopic (exact) mass is 288 g/mol. The molecule has 3 N–H and O–H groups in total. The molecule has 116 valence electrons. The molecular weight excluding hydrogens is 260 g/mol. The molecule has 1 aliphatic rings. The van der Waals surface area contributed by atoms with E-state index in [0.717, 1.165) is 12.8 Å². The van der Waals surface area contributed by atoms with Crippen molar-refractivity contribution in [2.45, 2.75) is 65.0 Å². The van der Waals surface area contributed by atoms with Crippen LogP contribution in [-0.2, 0) is 10.2 Å². The second-order valence-corrected chi connectivity index (χ2v) is 7.91. The topological polar surface area (TPSA) is 55.1 Å². The van der Waals surface area contributed by atoms with Gasteiger partial charge in [0.05, 0.1) is 12.1 Å². The minimum atomic E-state index is -0.486. The minimum Gasteiger partial charge on any atom is -0.348 e. The summed E-state index contributed by atoms with van der Waals surface area (Å²) in [5.74, 6) is -0.0537. The molecule has 1 aromatic rings. The summed E-state index contributed by atoms with van der Waals surface area (Å²) in [7, 11) is 0. The maximum atomic E-state index is 12.4. The van der Waals surface area contributed by atoms with E-state index in [-0.39, 0.29) is 22.8 Å². The molecule has 2 atom stereocenters. The van der Waals surface area contributed by atoms with Crippen molar-refractivity contribution in [1.29, 1.82) is 0 Å². The SMILES string of the molecule is CC1(C)CCC(NC(=O)[C@@H](N)C(C)(C)C)c2ccccc21. The zero-order valence-electron chi connectivity index (χ0n) is 13.9. The lowest BCUT2D eigenvalue weighted by Gasteiger charge is -2.38. The standard InChI is InChI=1S/C18H28N2O/c1-17(2,3)15(19)16(21)20-14-10-11-18(4,5)13-9-7-6-8-12(13)14/h6-9,14-15H,10-11,19H2,1-5H3,(H,20,21)/t14?,15-/m1/s1. The summed E-state index contributed by atoms with van der Waals surface area (Å²) < 4.78 is 0. The number of benzene rings is 1. The first-order valence-corrected chi connectivity index (χ1v) is 7.78. The van der Waals surface area contributed by atoms with Crippen molar-refractivity contribution < 1.29 is 4.79 Å². The normalized spacial score (nSPS) is 22.3. The molecule has 0 spiro atoms. The molecule has 2 rings (SSSR count). The van der Waals surface area contributed by atoms with Gasteiger partial charge >= 0.3 is 0 Å². The van der Waals surface area contributed by atoms with E-state index in [0.29, 0.717) is 0 Å². The smallest absolute Gasteiger partial charge is 0.237 e. The van der Waals surface area contributed by atoms with Crippen molar-refractivity contribution in [1.82, 2.24) is 5.32 Å². The van der Waals surface area contributed by atoms with E-state index in [1.54, 1.807) is 0 Å². The Bertz CT molecular complexity index is 528. The van der Waals surface area contributed by atoms with Crippen LogP contribution in [0.2, 0.25) is 0 Å². The summed E-state index contributed by atoms with van der Waals surface area (Å²) >= 11 is 0. The average molecular weight is 288 g/mol. The van der Waals surface area contributed by atoms with Crippen LogP contribution in [-0.4, -0.2) is 11.9 Å². The van der Waals surface area contributed by atoms with Crippen molar-refractivity contribution in [3.8, 4) is 0 Å². The number of amides is 1. The van der Waals surface area contributed by atoms with Gasteiger partial charge in [-0.05, 0) is 34.8 Å². The Balaban J connectivity index is 2.22. The number of nitrogens with one attached hydrogen (secondary N) is 1. The molecule has 0 aliphatic heterocycles. The molecule has 1 unspecified atom stereocenters. The Hall–Kier alpha value is -1.35. The van der Waals surface area contributed by atoms with Crippen molar-refractivity contribution in [3.05, 3.63) is 35.4 Å². The Morgan fingerprint density at radius 1 is 1.33 bits per heavy atom. The molecule has 3 heteroatoms. The van der Waals surface area contributed by atoms with Gasteiger partial charge in [-0.2, -0.15) is 0 Å². The van der Waals surface area contributed by atoms with Gasteiger partial charge in [0, 0.05) is 0 Å². The maximum Gasteiger partial charge on any atom is 0.237 e. The van der Waals surface area contributed by atoms with Gasteiger partial charge in [0.1, 0.15) is 0 Å². The molecule has 1 aromatic carbocycles. The Labute approximate surface area is 128 Å². The number of carbonyl (C=O) groups is 1. The van der Waals surface area contributed by atoms with Gasteiger partial charge < -0.3 is 11.1 Å². The van der Waals surface area contributed by atoms with Crippen LogP contribution in [0.25, 0.3) is 0 Å². The van der Waals surface area contributed by atoms with Crippen LogP contribution in [0.4, 0.5) is 0 Å². The predicted octanol–water partition coefficient (Wildman–Crippen LogP) is 3.29.